The van der Waals surface area contributed by atoms with Crippen LogP contribution in [-0.4, -0.2) is 31.4 Å². The van der Waals surface area contributed by atoms with Crippen molar-refractivity contribution >= 4 is 5.84 Å². The molecule has 0 aromatic heterocycles. The van der Waals surface area contributed by atoms with E-state index < -0.39 is 0 Å². The Morgan fingerprint density at radius 3 is 2.19 bits per heavy atom. The highest BCUT2D eigenvalue weighted by molar-refractivity contribution is 5.98. The lowest BCUT2D eigenvalue weighted by Crippen LogP contribution is -2.35. The Morgan fingerprint density at radius 2 is 1.75 bits per heavy atom. The van der Waals surface area contributed by atoms with Gasteiger partial charge in [-0.2, -0.15) is 0 Å². The summed E-state index contributed by atoms with van der Waals surface area (Å²) in [5, 5.41) is 0. The highest BCUT2D eigenvalue weighted by Gasteiger charge is 2.16. The van der Waals surface area contributed by atoms with E-state index in [1.165, 1.54) is 5.56 Å². The van der Waals surface area contributed by atoms with Gasteiger partial charge in [0.2, 0.25) is 0 Å². The molecule has 0 amide bonds. The molecule has 1 rings (SSSR count). The summed E-state index contributed by atoms with van der Waals surface area (Å²) < 4.78 is 0. The van der Waals surface area contributed by atoms with Crippen LogP contribution in [0.3, 0.4) is 0 Å². The van der Waals surface area contributed by atoms with E-state index in [2.05, 4.69) is 49.8 Å². The zero-order valence-corrected chi connectivity index (χ0v) is 11.0. The maximum absolute atomic E-state index is 4.38. The van der Waals surface area contributed by atoms with Crippen LogP contribution in [-0.2, 0) is 0 Å². The molecule has 1 aromatic rings. The molecule has 88 valence electrons. The van der Waals surface area contributed by atoms with Crippen LogP contribution >= 0.6 is 0 Å². The number of aliphatic imine (C=N–C) groups is 1. The smallest absolute Gasteiger partial charge is 0.130 e. The largest absolute Gasteiger partial charge is 0.359 e. The molecule has 0 aliphatic rings. The zero-order chi connectivity index (χ0) is 12.2. The first-order valence-corrected chi connectivity index (χ1v) is 5.67. The van der Waals surface area contributed by atoms with Gasteiger partial charge in [0.05, 0.1) is 0 Å². The first kappa shape index (κ1) is 12.8. The minimum atomic E-state index is 0.277. The highest BCUT2D eigenvalue weighted by atomic mass is 15.2. The summed E-state index contributed by atoms with van der Waals surface area (Å²) in [6.45, 7) is 7.71. The van der Waals surface area contributed by atoms with Gasteiger partial charge in [-0.05, 0) is 5.41 Å². The quantitative estimate of drug-likeness (QED) is 0.550. The summed E-state index contributed by atoms with van der Waals surface area (Å²) in [6, 6.07) is 10.3. The van der Waals surface area contributed by atoms with E-state index in [-0.39, 0.29) is 5.41 Å². The second-order valence-corrected chi connectivity index (χ2v) is 5.33. The molecule has 0 aliphatic heterocycles. The third-order valence-corrected chi connectivity index (χ3v) is 2.32. The molecule has 1 aromatic carbocycles. The SMILES string of the molecule is CN=C(c1ccccc1)N(C)CC(C)(C)C. The summed E-state index contributed by atoms with van der Waals surface area (Å²) in [7, 11) is 3.95. The first-order valence-electron chi connectivity index (χ1n) is 5.67. The molecule has 0 fully saturated rings. The summed E-state index contributed by atoms with van der Waals surface area (Å²) in [5.41, 5.74) is 1.45. The van der Waals surface area contributed by atoms with Crippen molar-refractivity contribution in [3.63, 3.8) is 0 Å². The van der Waals surface area contributed by atoms with Crippen molar-refractivity contribution in [1.29, 1.82) is 0 Å². The van der Waals surface area contributed by atoms with Gasteiger partial charge in [-0.25, -0.2) is 0 Å². The van der Waals surface area contributed by atoms with Crippen LogP contribution in [0.4, 0.5) is 0 Å². The highest BCUT2D eigenvalue weighted by Crippen LogP contribution is 2.16. The molecule has 0 N–H and O–H groups in total. The molecule has 0 bridgehead atoms. The molecule has 2 heteroatoms. The van der Waals surface area contributed by atoms with Crippen LogP contribution < -0.4 is 0 Å². The van der Waals surface area contributed by atoms with E-state index in [1.54, 1.807) is 0 Å². The lowest BCUT2D eigenvalue weighted by atomic mass is 9.96. The molecule has 0 aliphatic carbocycles. The summed E-state index contributed by atoms with van der Waals surface area (Å²) in [4.78, 5) is 6.60. The second-order valence-electron chi connectivity index (χ2n) is 5.33. The van der Waals surface area contributed by atoms with Crippen LogP contribution in [0.25, 0.3) is 0 Å². The van der Waals surface area contributed by atoms with Gasteiger partial charge >= 0.3 is 0 Å². The Balaban J connectivity index is 2.85. The van der Waals surface area contributed by atoms with Crippen molar-refractivity contribution in [1.82, 2.24) is 4.90 Å². The summed E-state index contributed by atoms with van der Waals surface area (Å²) >= 11 is 0. The molecule has 2 nitrogen and oxygen atoms in total. The number of nitrogens with zero attached hydrogens (tertiary/aromatic N) is 2. The third kappa shape index (κ3) is 3.69. The lowest BCUT2D eigenvalue weighted by Gasteiger charge is -2.29. The van der Waals surface area contributed by atoms with Crippen molar-refractivity contribution in [2.45, 2.75) is 20.8 Å². The second kappa shape index (κ2) is 5.15. The van der Waals surface area contributed by atoms with Gasteiger partial charge in [-0.1, -0.05) is 51.1 Å². The normalized spacial score (nSPS) is 12.7. The van der Waals surface area contributed by atoms with E-state index in [9.17, 15) is 0 Å². The Hall–Kier alpha value is -1.31. The molecule has 0 spiro atoms. The molecule has 0 saturated heterocycles. The Morgan fingerprint density at radius 1 is 1.19 bits per heavy atom. The topological polar surface area (TPSA) is 15.6 Å². The summed E-state index contributed by atoms with van der Waals surface area (Å²) in [5.74, 6) is 1.05. The minimum absolute atomic E-state index is 0.277. The van der Waals surface area contributed by atoms with E-state index in [0.717, 1.165) is 12.4 Å². The summed E-state index contributed by atoms with van der Waals surface area (Å²) in [6.07, 6.45) is 0. The predicted molar refractivity (Wildman–Crippen MR) is 71.0 cm³/mol. The Bertz CT molecular complexity index is 347. The molecule has 0 unspecified atom stereocenters. The predicted octanol–water partition coefficient (Wildman–Crippen LogP) is 3.04. The third-order valence-electron chi connectivity index (χ3n) is 2.32. The van der Waals surface area contributed by atoms with Crippen molar-refractivity contribution < 1.29 is 0 Å². The van der Waals surface area contributed by atoms with E-state index in [0.29, 0.717) is 0 Å². The first-order chi connectivity index (χ1) is 7.44. The standard InChI is InChI=1S/C14H22N2/c1-14(2,3)11-16(5)13(15-4)12-9-7-6-8-10-12/h6-10H,11H2,1-5H3. The minimum Gasteiger partial charge on any atom is -0.359 e. The molecule has 16 heavy (non-hydrogen) atoms. The van der Waals surface area contributed by atoms with Crippen LogP contribution in [0.1, 0.15) is 26.3 Å². The van der Waals surface area contributed by atoms with Crippen molar-refractivity contribution in [3.05, 3.63) is 35.9 Å². The van der Waals surface area contributed by atoms with E-state index in [4.69, 9.17) is 0 Å². The van der Waals surface area contributed by atoms with Crippen LogP contribution in [0.2, 0.25) is 0 Å². The fraction of sp³-hybridized carbons (Fsp3) is 0.500. The van der Waals surface area contributed by atoms with Gasteiger partial charge in [0.15, 0.2) is 0 Å². The molecule has 0 radical (unpaired) electrons. The number of hydrogen-bond donors (Lipinski definition) is 0. The number of hydrogen-bond acceptors (Lipinski definition) is 1. The van der Waals surface area contributed by atoms with E-state index in [1.807, 2.05) is 25.2 Å². The number of rotatable bonds is 2. The number of benzene rings is 1. The van der Waals surface area contributed by atoms with Gasteiger partial charge in [0, 0.05) is 26.2 Å². The van der Waals surface area contributed by atoms with E-state index >= 15 is 0 Å². The van der Waals surface area contributed by atoms with Crippen LogP contribution in [0.5, 0.6) is 0 Å². The maximum Gasteiger partial charge on any atom is 0.130 e. The average Bonchev–Trinajstić information content (AvgIpc) is 2.17. The van der Waals surface area contributed by atoms with Crippen LogP contribution in [0, 0.1) is 5.41 Å². The number of amidine groups is 1. The molecular weight excluding hydrogens is 196 g/mol. The molecule has 0 atom stereocenters. The van der Waals surface area contributed by atoms with Crippen molar-refractivity contribution in [2.24, 2.45) is 10.4 Å². The van der Waals surface area contributed by atoms with Crippen LogP contribution in [0.15, 0.2) is 35.3 Å². The van der Waals surface area contributed by atoms with Gasteiger partial charge in [-0.3, -0.25) is 4.99 Å². The molecule has 0 heterocycles. The zero-order valence-electron chi connectivity index (χ0n) is 11.0. The van der Waals surface area contributed by atoms with Crippen molar-refractivity contribution in [2.75, 3.05) is 20.6 Å². The van der Waals surface area contributed by atoms with Gasteiger partial charge in [0.25, 0.3) is 0 Å². The average molecular weight is 218 g/mol. The van der Waals surface area contributed by atoms with Crippen molar-refractivity contribution in [3.8, 4) is 0 Å². The van der Waals surface area contributed by atoms with Gasteiger partial charge in [-0.15, -0.1) is 0 Å². The molecule has 0 saturated carbocycles. The van der Waals surface area contributed by atoms with Gasteiger partial charge < -0.3 is 4.90 Å². The Kier molecular flexibility index (Phi) is 4.11. The maximum atomic E-state index is 4.38. The fourth-order valence-electron chi connectivity index (χ4n) is 1.89. The van der Waals surface area contributed by atoms with Gasteiger partial charge in [0.1, 0.15) is 5.84 Å². The monoisotopic (exact) mass is 218 g/mol. The molecular formula is C14H22N2. The fourth-order valence-corrected chi connectivity index (χ4v) is 1.89. The Labute approximate surface area is 99.0 Å². The lowest BCUT2D eigenvalue weighted by molar-refractivity contribution is 0.306.